The van der Waals surface area contributed by atoms with Crippen LogP contribution in [0.3, 0.4) is 0 Å². The predicted octanol–water partition coefficient (Wildman–Crippen LogP) is 2.44. The Hall–Kier alpha value is -1.53. The molecule has 6 heteroatoms. The second kappa shape index (κ2) is 6.17. The van der Waals surface area contributed by atoms with Gasteiger partial charge in [0.2, 0.25) is 0 Å². The van der Waals surface area contributed by atoms with Crippen molar-refractivity contribution in [3.8, 4) is 5.75 Å². The summed E-state index contributed by atoms with van der Waals surface area (Å²) in [7, 11) is 0. The van der Waals surface area contributed by atoms with E-state index < -0.39 is 0 Å². The molecule has 0 unspecified atom stereocenters. The molecule has 0 amide bonds. The molecule has 23 heavy (non-hydrogen) atoms. The highest BCUT2D eigenvalue weighted by Crippen LogP contribution is 2.46. The van der Waals surface area contributed by atoms with E-state index in [2.05, 4.69) is 39.9 Å². The third-order valence-electron chi connectivity index (χ3n) is 4.55. The molecule has 0 aliphatic carbocycles. The molecule has 0 N–H and O–H groups in total. The summed E-state index contributed by atoms with van der Waals surface area (Å²) in [4.78, 5) is 6.63. The standard InChI is InChI=1S/C17H22N4OS/c1-2-21-10-14(7-19-21)9-20-12-17(13-20)6-16(11-23-17)22-15-4-3-5-18-8-15/h3-5,7-8,10,16H,2,6,9,11-13H2,1H3/t16-/m1/s1. The van der Waals surface area contributed by atoms with Gasteiger partial charge in [-0.3, -0.25) is 14.6 Å². The van der Waals surface area contributed by atoms with E-state index >= 15 is 0 Å². The van der Waals surface area contributed by atoms with Gasteiger partial charge in [-0.15, -0.1) is 11.8 Å². The molecule has 1 atom stereocenters. The Morgan fingerprint density at radius 2 is 2.30 bits per heavy atom. The number of hydrogen-bond donors (Lipinski definition) is 0. The summed E-state index contributed by atoms with van der Waals surface area (Å²) in [5.74, 6) is 1.97. The first-order valence-corrected chi connectivity index (χ1v) is 9.18. The van der Waals surface area contributed by atoms with Crippen LogP contribution in [0.2, 0.25) is 0 Å². The summed E-state index contributed by atoms with van der Waals surface area (Å²) in [6, 6.07) is 3.91. The van der Waals surface area contributed by atoms with Crippen molar-refractivity contribution in [1.82, 2.24) is 19.7 Å². The Balaban J connectivity index is 1.28. The van der Waals surface area contributed by atoms with Crippen molar-refractivity contribution in [3.05, 3.63) is 42.5 Å². The van der Waals surface area contributed by atoms with E-state index in [9.17, 15) is 0 Å². The summed E-state index contributed by atoms with van der Waals surface area (Å²) in [6.07, 6.45) is 9.17. The third kappa shape index (κ3) is 3.23. The van der Waals surface area contributed by atoms with Crippen molar-refractivity contribution in [3.63, 3.8) is 0 Å². The number of hydrogen-bond acceptors (Lipinski definition) is 5. The molecule has 2 fully saturated rings. The molecule has 122 valence electrons. The summed E-state index contributed by atoms with van der Waals surface area (Å²) in [6.45, 7) is 6.38. The van der Waals surface area contributed by atoms with Crippen molar-refractivity contribution >= 4 is 11.8 Å². The molecule has 2 aromatic heterocycles. The van der Waals surface area contributed by atoms with E-state index in [1.165, 1.54) is 5.56 Å². The fraction of sp³-hybridized carbons (Fsp3) is 0.529. The summed E-state index contributed by atoms with van der Waals surface area (Å²) >= 11 is 2.07. The Bertz CT molecular complexity index is 654. The molecule has 2 aliphatic heterocycles. The number of aromatic nitrogens is 3. The van der Waals surface area contributed by atoms with Gasteiger partial charge in [0.05, 0.1) is 12.4 Å². The summed E-state index contributed by atoms with van der Waals surface area (Å²) in [5, 5.41) is 4.35. The molecule has 0 bridgehead atoms. The zero-order valence-electron chi connectivity index (χ0n) is 13.4. The van der Waals surface area contributed by atoms with Crippen molar-refractivity contribution in [2.45, 2.75) is 37.3 Å². The number of aryl methyl sites for hydroxylation is 1. The van der Waals surface area contributed by atoms with Crippen LogP contribution in [-0.4, -0.2) is 49.4 Å². The van der Waals surface area contributed by atoms with Crippen molar-refractivity contribution in [1.29, 1.82) is 0 Å². The van der Waals surface area contributed by atoms with E-state index in [0.29, 0.717) is 10.9 Å². The lowest BCUT2D eigenvalue weighted by Gasteiger charge is -2.47. The number of pyridine rings is 1. The van der Waals surface area contributed by atoms with E-state index in [4.69, 9.17) is 4.74 Å². The SMILES string of the molecule is CCn1cc(CN2CC3(C[C@@H](Oc4cccnc4)CS3)C2)cn1. The number of ether oxygens (including phenoxy) is 1. The Labute approximate surface area is 141 Å². The van der Waals surface area contributed by atoms with Gasteiger partial charge >= 0.3 is 0 Å². The van der Waals surface area contributed by atoms with Crippen LogP contribution in [-0.2, 0) is 13.1 Å². The fourth-order valence-corrected chi connectivity index (χ4v) is 5.08. The van der Waals surface area contributed by atoms with Crippen LogP contribution in [0, 0.1) is 0 Å². The molecule has 0 radical (unpaired) electrons. The van der Waals surface area contributed by atoms with Gasteiger partial charge in [-0.05, 0) is 19.1 Å². The highest BCUT2D eigenvalue weighted by atomic mass is 32.2. The van der Waals surface area contributed by atoms with Crippen molar-refractivity contribution in [2.24, 2.45) is 0 Å². The number of thioether (sulfide) groups is 1. The molecule has 2 aliphatic rings. The monoisotopic (exact) mass is 330 g/mol. The van der Waals surface area contributed by atoms with Gasteiger partial charge in [0.1, 0.15) is 11.9 Å². The lowest BCUT2D eigenvalue weighted by Crippen LogP contribution is -2.58. The molecule has 5 nitrogen and oxygen atoms in total. The largest absolute Gasteiger partial charge is 0.488 e. The van der Waals surface area contributed by atoms with Crippen LogP contribution in [0.1, 0.15) is 18.9 Å². The van der Waals surface area contributed by atoms with E-state index in [1.54, 1.807) is 12.4 Å². The van der Waals surface area contributed by atoms with Crippen LogP contribution in [0.15, 0.2) is 36.9 Å². The lowest BCUT2D eigenvalue weighted by atomic mass is 9.92. The van der Waals surface area contributed by atoms with Gasteiger partial charge in [0, 0.05) is 61.1 Å². The topological polar surface area (TPSA) is 43.2 Å². The minimum atomic E-state index is 0.314. The molecule has 2 aromatic rings. The van der Waals surface area contributed by atoms with Gasteiger partial charge in [-0.1, -0.05) is 0 Å². The highest BCUT2D eigenvalue weighted by molar-refractivity contribution is 8.01. The maximum atomic E-state index is 6.06. The number of likely N-dealkylation sites (tertiary alicyclic amines) is 1. The first kappa shape index (κ1) is 15.0. The molecule has 0 aromatic carbocycles. The summed E-state index contributed by atoms with van der Waals surface area (Å²) in [5.41, 5.74) is 1.31. The van der Waals surface area contributed by atoms with Crippen molar-refractivity contribution < 1.29 is 4.74 Å². The summed E-state index contributed by atoms with van der Waals surface area (Å²) < 4.78 is 8.45. The first-order chi connectivity index (χ1) is 11.2. The Morgan fingerprint density at radius 3 is 3.04 bits per heavy atom. The zero-order valence-corrected chi connectivity index (χ0v) is 14.2. The van der Waals surface area contributed by atoms with Crippen LogP contribution in [0.5, 0.6) is 5.75 Å². The number of nitrogens with zero attached hydrogens (tertiary/aromatic N) is 4. The maximum absolute atomic E-state index is 6.06. The average molecular weight is 330 g/mol. The highest BCUT2D eigenvalue weighted by Gasteiger charge is 2.49. The van der Waals surface area contributed by atoms with E-state index in [1.807, 2.05) is 23.0 Å². The molecular formula is C17H22N4OS. The maximum Gasteiger partial charge on any atom is 0.138 e. The molecular weight excluding hydrogens is 308 g/mol. The van der Waals surface area contributed by atoms with Crippen LogP contribution < -0.4 is 4.74 Å². The second-order valence-electron chi connectivity index (χ2n) is 6.48. The van der Waals surface area contributed by atoms with Crippen molar-refractivity contribution in [2.75, 3.05) is 18.8 Å². The first-order valence-electron chi connectivity index (χ1n) is 8.19. The smallest absolute Gasteiger partial charge is 0.138 e. The van der Waals surface area contributed by atoms with Crippen LogP contribution in [0.25, 0.3) is 0 Å². The van der Waals surface area contributed by atoms with E-state index in [0.717, 1.165) is 44.1 Å². The normalized spacial score (nSPS) is 23.1. The predicted molar refractivity (Wildman–Crippen MR) is 91.6 cm³/mol. The lowest BCUT2D eigenvalue weighted by molar-refractivity contribution is 0.0920. The minimum Gasteiger partial charge on any atom is -0.488 e. The van der Waals surface area contributed by atoms with Crippen LogP contribution >= 0.6 is 11.8 Å². The molecule has 0 saturated carbocycles. The fourth-order valence-electron chi connectivity index (χ4n) is 3.51. The Kier molecular flexibility index (Phi) is 4.03. The molecule has 4 rings (SSSR count). The Morgan fingerprint density at radius 1 is 1.39 bits per heavy atom. The quantitative estimate of drug-likeness (QED) is 0.842. The third-order valence-corrected chi connectivity index (χ3v) is 6.13. The average Bonchev–Trinajstić information content (AvgIpc) is 3.15. The minimum absolute atomic E-state index is 0.314. The second-order valence-corrected chi connectivity index (χ2v) is 7.96. The van der Waals surface area contributed by atoms with Gasteiger partial charge in [0.25, 0.3) is 0 Å². The molecule has 1 spiro atoms. The van der Waals surface area contributed by atoms with Crippen LogP contribution in [0.4, 0.5) is 0 Å². The van der Waals surface area contributed by atoms with E-state index in [-0.39, 0.29) is 0 Å². The van der Waals surface area contributed by atoms with Gasteiger partial charge in [-0.2, -0.15) is 5.10 Å². The van der Waals surface area contributed by atoms with Gasteiger partial charge in [-0.25, -0.2) is 0 Å². The zero-order chi connectivity index (χ0) is 15.7. The number of rotatable bonds is 5. The van der Waals surface area contributed by atoms with Gasteiger partial charge in [0.15, 0.2) is 0 Å². The molecule has 2 saturated heterocycles. The van der Waals surface area contributed by atoms with Gasteiger partial charge < -0.3 is 4.74 Å². The molecule has 4 heterocycles.